The van der Waals surface area contributed by atoms with Crippen molar-refractivity contribution in [1.29, 1.82) is 0 Å². The van der Waals surface area contributed by atoms with E-state index in [1.165, 1.54) is 6.07 Å². The Hall–Kier alpha value is -2.21. The minimum Gasteiger partial charge on any atom is -0.460 e. The first-order chi connectivity index (χ1) is 9.94. The summed E-state index contributed by atoms with van der Waals surface area (Å²) in [5, 5.41) is 2.43. The van der Waals surface area contributed by atoms with Gasteiger partial charge < -0.3 is 14.6 Å². The van der Waals surface area contributed by atoms with E-state index < -0.39 is 11.6 Å². The largest absolute Gasteiger partial charge is 0.460 e. The maximum absolute atomic E-state index is 13.4. The Bertz CT molecular complexity index is 640. The van der Waals surface area contributed by atoms with Crippen molar-refractivity contribution in [2.75, 3.05) is 18.9 Å². The molecule has 1 atom stereocenters. The van der Waals surface area contributed by atoms with Gasteiger partial charge in [0.05, 0.1) is 12.7 Å². The van der Waals surface area contributed by atoms with Crippen LogP contribution in [0.15, 0.2) is 34.7 Å². The molecule has 0 saturated carbocycles. The predicted molar refractivity (Wildman–Crippen MR) is 73.9 cm³/mol. The van der Waals surface area contributed by atoms with Gasteiger partial charge in [-0.25, -0.2) is 8.78 Å². The number of likely N-dealkylation sites (N-methyl/N-ethyl adjacent to an activating group) is 1. The third kappa shape index (κ3) is 4.39. The van der Waals surface area contributed by atoms with Crippen LogP contribution in [0.3, 0.4) is 0 Å². The highest BCUT2D eigenvalue weighted by molar-refractivity contribution is 5.91. The molecule has 2 rings (SSSR count). The Morgan fingerprint density at radius 3 is 2.67 bits per heavy atom. The quantitative estimate of drug-likeness (QED) is 0.878. The Morgan fingerprint density at radius 1 is 1.29 bits per heavy atom. The average Bonchev–Trinajstić information content (AvgIpc) is 2.78. The molecule has 0 bridgehead atoms. The van der Waals surface area contributed by atoms with Crippen molar-refractivity contribution < 1.29 is 22.9 Å². The predicted octanol–water partition coefficient (Wildman–Crippen LogP) is 1.52. The van der Waals surface area contributed by atoms with E-state index >= 15 is 0 Å². The Morgan fingerprint density at radius 2 is 2.05 bits per heavy atom. The average molecular weight is 295 g/mol. The molecule has 2 N–H and O–H groups in total. The number of amides is 1. The number of carbonyl (C=O) groups is 1. The molecular weight excluding hydrogens is 278 g/mol. The first-order valence-electron chi connectivity index (χ1n) is 6.55. The molecule has 0 spiro atoms. The van der Waals surface area contributed by atoms with Crippen LogP contribution in [0.4, 0.5) is 14.5 Å². The zero-order chi connectivity index (χ0) is 15.4. The molecule has 1 aromatic heterocycles. The van der Waals surface area contributed by atoms with E-state index in [0.29, 0.717) is 6.54 Å². The van der Waals surface area contributed by atoms with E-state index in [1.807, 2.05) is 26.1 Å². The number of anilines is 1. The van der Waals surface area contributed by atoms with Crippen molar-refractivity contribution in [2.24, 2.45) is 0 Å². The van der Waals surface area contributed by atoms with E-state index in [0.717, 1.165) is 28.6 Å². The normalized spacial score (nSPS) is 12.2. The molecule has 2 aromatic rings. The number of aryl methyl sites for hydroxylation is 1. The molecule has 112 valence electrons. The van der Waals surface area contributed by atoms with E-state index in [-0.39, 0.29) is 18.1 Å². The zero-order valence-corrected chi connectivity index (χ0v) is 11.9. The van der Waals surface area contributed by atoms with Gasteiger partial charge in [-0.05, 0) is 31.2 Å². The number of benzene rings is 1. The van der Waals surface area contributed by atoms with Crippen LogP contribution in [0.2, 0.25) is 0 Å². The lowest BCUT2D eigenvalue weighted by Gasteiger charge is -2.12. The summed E-state index contributed by atoms with van der Waals surface area (Å²) in [5.74, 6) is -0.216. The second kappa shape index (κ2) is 6.49. The molecule has 4 nitrogen and oxygen atoms in total. The van der Waals surface area contributed by atoms with E-state index in [4.69, 9.17) is 4.42 Å². The highest BCUT2D eigenvalue weighted by atomic mass is 19.1. The van der Waals surface area contributed by atoms with Crippen molar-refractivity contribution in [3.8, 4) is 0 Å². The van der Waals surface area contributed by atoms with Crippen molar-refractivity contribution in [1.82, 2.24) is 0 Å². The molecule has 1 heterocycles. The summed E-state index contributed by atoms with van der Waals surface area (Å²) < 4.78 is 31.6. The Kier molecular flexibility index (Phi) is 4.70. The van der Waals surface area contributed by atoms with Gasteiger partial charge >= 0.3 is 0 Å². The monoisotopic (exact) mass is 295 g/mol. The van der Waals surface area contributed by atoms with Gasteiger partial charge in [-0.2, -0.15) is 0 Å². The molecule has 0 fully saturated rings. The molecule has 6 heteroatoms. The minimum absolute atomic E-state index is 0.0250. The molecule has 0 aliphatic heterocycles. The first kappa shape index (κ1) is 15.2. The summed E-state index contributed by atoms with van der Waals surface area (Å²) in [6.07, 6.45) is 0. The summed E-state index contributed by atoms with van der Waals surface area (Å²) in [7, 11) is 1.83. The van der Waals surface area contributed by atoms with Crippen molar-refractivity contribution in [3.63, 3.8) is 0 Å². The summed E-state index contributed by atoms with van der Waals surface area (Å²) in [4.78, 5) is 12.7. The molecule has 21 heavy (non-hydrogen) atoms. The molecule has 0 aliphatic rings. The SMILES string of the molecule is Cc1ccc(C[NH+](C)CC(=O)Nc2ccc(F)cc2F)o1. The maximum atomic E-state index is 13.4. The number of halogens is 2. The maximum Gasteiger partial charge on any atom is 0.279 e. The second-order valence-electron chi connectivity index (χ2n) is 5.00. The number of hydrogen-bond donors (Lipinski definition) is 2. The summed E-state index contributed by atoms with van der Waals surface area (Å²) in [6, 6.07) is 6.75. The Labute approximate surface area is 121 Å². The highest BCUT2D eigenvalue weighted by Gasteiger charge is 2.14. The number of rotatable bonds is 5. The molecule has 0 aliphatic carbocycles. The van der Waals surface area contributed by atoms with Gasteiger partial charge in [-0.1, -0.05) is 0 Å². The number of quaternary nitrogens is 1. The highest BCUT2D eigenvalue weighted by Crippen LogP contribution is 2.14. The van der Waals surface area contributed by atoms with Crippen molar-refractivity contribution >= 4 is 11.6 Å². The van der Waals surface area contributed by atoms with Crippen LogP contribution in [0, 0.1) is 18.6 Å². The fourth-order valence-electron chi connectivity index (χ4n) is 2.00. The van der Waals surface area contributed by atoms with Gasteiger partial charge in [0.1, 0.15) is 23.9 Å². The van der Waals surface area contributed by atoms with Crippen molar-refractivity contribution in [2.45, 2.75) is 13.5 Å². The standard InChI is InChI=1S/C15H16F2N2O2/c1-10-3-5-12(21-10)8-19(2)9-15(20)18-14-6-4-11(16)7-13(14)17/h3-7H,8-9H2,1-2H3,(H,18,20)/p+1. The first-order valence-corrected chi connectivity index (χ1v) is 6.55. The molecule has 1 unspecified atom stereocenters. The molecule has 0 radical (unpaired) electrons. The lowest BCUT2D eigenvalue weighted by molar-refractivity contribution is -0.886. The Balaban J connectivity index is 1.89. The van der Waals surface area contributed by atoms with Gasteiger partial charge in [0.15, 0.2) is 12.3 Å². The van der Waals surface area contributed by atoms with Gasteiger partial charge in [0, 0.05) is 6.07 Å². The topological polar surface area (TPSA) is 46.7 Å². The molecule has 0 saturated heterocycles. The van der Waals surface area contributed by atoms with Gasteiger partial charge in [-0.3, -0.25) is 4.79 Å². The number of hydrogen-bond acceptors (Lipinski definition) is 2. The van der Waals surface area contributed by atoms with Crippen LogP contribution >= 0.6 is 0 Å². The van der Waals surface area contributed by atoms with E-state index in [2.05, 4.69) is 5.32 Å². The fraction of sp³-hybridized carbons (Fsp3) is 0.267. The zero-order valence-electron chi connectivity index (χ0n) is 11.9. The summed E-state index contributed by atoms with van der Waals surface area (Å²) in [6.45, 7) is 2.55. The van der Waals surface area contributed by atoms with Crippen LogP contribution in [-0.2, 0) is 11.3 Å². The number of nitrogens with one attached hydrogen (secondary N) is 2. The van der Waals surface area contributed by atoms with E-state index in [9.17, 15) is 13.6 Å². The summed E-state index contributed by atoms with van der Waals surface area (Å²) in [5.41, 5.74) is -0.0250. The van der Waals surface area contributed by atoms with Crippen LogP contribution in [0.1, 0.15) is 11.5 Å². The third-order valence-electron chi connectivity index (χ3n) is 2.94. The minimum atomic E-state index is -0.789. The second-order valence-corrected chi connectivity index (χ2v) is 5.00. The molecule has 1 amide bonds. The third-order valence-corrected chi connectivity index (χ3v) is 2.94. The molecule has 1 aromatic carbocycles. The molecular formula is C15H17F2N2O2+. The van der Waals surface area contributed by atoms with Gasteiger partial charge in [0.25, 0.3) is 5.91 Å². The summed E-state index contributed by atoms with van der Waals surface area (Å²) >= 11 is 0. The number of carbonyl (C=O) groups excluding carboxylic acids is 1. The van der Waals surface area contributed by atoms with E-state index in [1.54, 1.807) is 0 Å². The van der Waals surface area contributed by atoms with Gasteiger partial charge in [-0.15, -0.1) is 0 Å². The smallest absolute Gasteiger partial charge is 0.279 e. The van der Waals surface area contributed by atoms with Crippen LogP contribution < -0.4 is 10.2 Å². The fourth-order valence-corrected chi connectivity index (χ4v) is 2.00. The van der Waals surface area contributed by atoms with Crippen molar-refractivity contribution in [3.05, 3.63) is 53.5 Å². The lowest BCUT2D eigenvalue weighted by atomic mass is 10.3. The van der Waals surface area contributed by atoms with Crippen LogP contribution in [0.5, 0.6) is 0 Å². The van der Waals surface area contributed by atoms with Gasteiger partial charge in [0.2, 0.25) is 0 Å². The van der Waals surface area contributed by atoms with Crippen LogP contribution in [0.25, 0.3) is 0 Å². The lowest BCUT2D eigenvalue weighted by Crippen LogP contribution is -3.08. The number of furan rings is 1. The van der Waals surface area contributed by atoms with Crippen LogP contribution in [-0.4, -0.2) is 19.5 Å².